The molecule has 0 bridgehead atoms. The summed E-state index contributed by atoms with van der Waals surface area (Å²) in [5.41, 5.74) is 1.05. The molecule has 3 amide bonds. The number of benzene rings is 2. The van der Waals surface area contributed by atoms with E-state index < -0.39 is 29.4 Å². The topological polar surface area (TPSA) is 75.7 Å². The van der Waals surface area contributed by atoms with Gasteiger partial charge in [0.05, 0.1) is 20.5 Å². The van der Waals surface area contributed by atoms with Crippen molar-refractivity contribution in [3.63, 3.8) is 0 Å². The van der Waals surface area contributed by atoms with Crippen LogP contribution in [0.5, 0.6) is 5.75 Å². The Morgan fingerprint density at radius 1 is 1.20 bits per heavy atom. The SMILES string of the molecule is CCOc1c(Br)cc(/C=C2\SC(=O)N(CC(=O)Nc3ccc(F)cc3)C2=O)cc1Br. The zero-order valence-corrected chi connectivity index (χ0v) is 19.6. The van der Waals surface area contributed by atoms with Gasteiger partial charge in [-0.05, 0) is 98.6 Å². The Balaban J connectivity index is 1.72. The number of carbonyl (C=O) groups is 3. The zero-order chi connectivity index (χ0) is 21.8. The predicted molar refractivity (Wildman–Crippen MR) is 121 cm³/mol. The fraction of sp³-hybridized carbons (Fsp3) is 0.150. The molecule has 156 valence electrons. The van der Waals surface area contributed by atoms with Crippen LogP contribution in [0.4, 0.5) is 14.9 Å². The zero-order valence-electron chi connectivity index (χ0n) is 15.6. The number of hydrogen-bond acceptors (Lipinski definition) is 5. The highest BCUT2D eigenvalue weighted by Crippen LogP contribution is 2.37. The van der Waals surface area contributed by atoms with Gasteiger partial charge in [0.15, 0.2) is 0 Å². The molecule has 3 rings (SSSR count). The van der Waals surface area contributed by atoms with Crippen molar-refractivity contribution in [2.75, 3.05) is 18.5 Å². The van der Waals surface area contributed by atoms with Gasteiger partial charge in [-0.2, -0.15) is 0 Å². The third-order valence-electron chi connectivity index (χ3n) is 3.91. The molecule has 1 heterocycles. The summed E-state index contributed by atoms with van der Waals surface area (Å²) in [4.78, 5) is 38.1. The second kappa shape index (κ2) is 9.76. The van der Waals surface area contributed by atoms with Gasteiger partial charge < -0.3 is 10.1 Å². The van der Waals surface area contributed by atoms with Crippen LogP contribution >= 0.6 is 43.6 Å². The molecule has 0 aliphatic carbocycles. The first-order valence-corrected chi connectivity index (χ1v) is 11.1. The van der Waals surface area contributed by atoms with Crippen LogP contribution in [-0.4, -0.2) is 35.1 Å². The van der Waals surface area contributed by atoms with Crippen LogP contribution < -0.4 is 10.1 Å². The second-order valence-corrected chi connectivity index (χ2v) is 8.77. The average molecular weight is 558 g/mol. The molecule has 0 unspecified atom stereocenters. The molecule has 1 N–H and O–H groups in total. The standard InChI is InChI=1S/C20H15Br2FN2O4S/c1-2-29-18-14(21)7-11(8-15(18)22)9-16-19(27)25(20(28)30-16)10-17(26)24-13-5-3-12(23)4-6-13/h3-9H,2,10H2,1H3,(H,24,26)/b16-9-. The highest BCUT2D eigenvalue weighted by atomic mass is 79.9. The first kappa shape index (κ1) is 22.5. The average Bonchev–Trinajstić information content (AvgIpc) is 2.94. The van der Waals surface area contributed by atoms with E-state index in [9.17, 15) is 18.8 Å². The molecule has 0 spiro atoms. The van der Waals surface area contributed by atoms with Gasteiger partial charge in [0, 0.05) is 5.69 Å². The van der Waals surface area contributed by atoms with Crippen LogP contribution in [0.25, 0.3) is 6.08 Å². The molecule has 1 aliphatic heterocycles. The Kier molecular flexibility index (Phi) is 7.32. The van der Waals surface area contributed by atoms with E-state index in [1.165, 1.54) is 24.3 Å². The Morgan fingerprint density at radius 3 is 2.43 bits per heavy atom. The molecule has 6 nitrogen and oxygen atoms in total. The Morgan fingerprint density at radius 2 is 1.83 bits per heavy atom. The summed E-state index contributed by atoms with van der Waals surface area (Å²) < 4.78 is 19.9. The fourth-order valence-corrected chi connectivity index (χ4v) is 4.90. The van der Waals surface area contributed by atoms with Crippen molar-refractivity contribution in [3.05, 3.63) is 61.6 Å². The van der Waals surface area contributed by atoms with Crippen LogP contribution in [0.3, 0.4) is 0 Å². The number of thioether (sulfide) groups is 1. The third-order valence-corrected chi connectivity index (χ3v) is 6.00. The number of halogens is 3. The smallest absolute Gasteiger partial charge is 0.294 e. The number of nitrogens with one attached hydrogen (secondary N) is 1. The lowest BCUT2D eigenvalue weighted by Gasteiger charge is -2.12. The van der Waals surface area contributed by atoms with E-state index >= 15 is 0 Å². The summed E-state index contributed by atoms with van der Waals surface area (Å²) in [5.74, 6) is -0.908. The lowest BCUT2D eigenvalue weighted by molar-refractivity contribution is -0.127. The molecule has 1 fully saturated rings. The summed E-state index contributed by atoms with van der Waals surface area (Å²) in [6.07, 6.45) is 1.58. The fourth-order valence-electron chi connectivity index (χ4n) is 2.61. The van der Waals surface area contributed by atoms with Crippen LogP contribution in [0.15, 0.2) is 50.2 Å². The molecule has 0 saturated carbocycles. The molecule has 1 aliphatic rings. The van der Waals surface area contributed by atoms with Crippen molar-refractivity contribution in [2.45, 2.75) is 6.92 Å². The molecular weight excluding hydrogens is 543 g/mol. The first-order chi connectivity index (χ1) is 14.3. The number of rotatable bonds is 6. The van der Waals surface area contributed by atoms with Crippen molar-refractivity contribution in [1.29, 1.82) is 0 Å². The summed E-state index contributed by atoms with van der Waals surface area (Å²) in [6, 6.07) is 8.72. The van der Waals surface area contributed by atoms with Crippen LogP contribution in [0.1, 0.15) is 12.5 Å². The van der Waals surface area contributed by atoms with Gasteiger partial charge in [0.2, 0.25) is 5.91 Å². The minimum Gasteiger partial charge on any atom is -0.492 e. The van der Waals surface area contributed by atoms with E-state index in [1.807, 2.05) is 6.92 Å². The number of hydrogen-bond donors (Lipinski definition) is 1. The van der Waals surface area contributed by atoms with E-state index in [-0.39, 0.29) is 4.91 Å². The van der Waals surface area contributed by atoms with Crippen LogP contribution in [0, 0.1) is 5.82 Å². The van der Waals surface area contributed by atoms with Crippen molar-refractivity contribution < 1.29 is 23.5 Å². The van der Waals surface area contributed by atoms with E-state index in [4.69, 9.17) is 4.74 Å². The number of carbonyl (C=O) groups excluding carboxylic acids is 3. The number of nitrogens with zero attached hydrogens (tertiary/aromatic N) is 1. The molecule has 0 atom stereocenters. The van der Waals surface area contributed by atoms with Crippen molar-refractivity contribution in [3.8, 4) is 5.75 Å². The van der Waals surface area contributed by atoms with Gasteiger partial charge in [-0.1, -0.05) is 0 Å². The van der Waals surface area contributed by atoms with Gasteiger partial charge in [-0.3, -0.25) is 19.3 Å². The number of amides is 3. The molecule has 30 heavy (non-hydrogen) atoms. The Bertz CT molecular complexity index is 1020. The summed E-state index contributed by atoms with van der Waals surface area (Å²) in [6.45, 7) is 1.93. The maximum absolute atomic E-state index is 13.0. The lowest BCUT2D eigenvalue weighted by Crippen LogP contribution is -2.36. The molecule has 0 aromatic heterocycles. The first-order valence-electron chi connectivity index (χ1n) is 8.71. The van der Waals surface area contributed by atoms with Gasteiger partial charge in [0.25, 0.3) is 11.1 Å². The third kappa shape index (κ3) is 5.30. The minimum atomic E-state index is -0.559. The second-order valence-electron chi connectivity index (χ2n) is 6.07. The van der Waals surface area contributed by atoms with Crippen LogP contribution in [-0.2, 0) is 9.59 Å². The van der Waals surface area contributed by atoms with E-state index in [2.05, 4.69) is 37.2 Å². The van der Waals surface area contributed by atoms with E-state index in [1.54, 1.807) is 18.2 Å². The van der Waals surface area contributed by atoms with Gasteiger partial charge >= 0.3 is 0 Å². The van der Waals surface area contributed by atoms with Crippen molar-refractivity contribution in [2.24, 2.45) is 0 Å². The monoisotopic (exact) mass is 556 g/mol. The summed E-state index contributed by atoms with van der Waals surface area (Å²) in [5, 5.41) is 1.99. The molecule has 1 saturated heterocycles. The maximum atomic E-state index is 13.0. The molecule has 2 aromatic carbocycles. The predicted octanol–water partition coefficient (Wildman–Crippen LogP) is 5.42. The molecule has 2 aromatic rings. The Hall–Kier alpha value is -2.17. The minimum absolute atomic E-state index is 0.206. The van der Waals surface area contributed by atoms with Gasteiger partial charge in [-0.15, -0.1) is 0 Å². The normalized spacial score (nSPS) is 15.1. The summed E-state index contributed by atoms with van der Waals surface area (Å²) in [7, 11) is 0. The summed E-state index contributed by atoms with van der Waals surface area (Å²) >= 11 is 7.61. The van der Waals surface area contributed by atoms with Gasteiger partial charge in [-0.25, -0.2) is 4.39 Å². The molecule has 10 heteroatoms. The van der Waals surface area contributed by atoms with E-state index in [0.29, 0.717) is 32.6 Å². The Labute approximate surface area is 193 Å². The van der Waals surface area contributed by atoms with Gasteiger partial charge in [0.1, 0.15) is 18.1 Å². The van der Waals surface area contributed by atoms with Crippen LogP contribution in [0.2, 0.25) is 0 Å². The van der Waals surface area contributed by atoms with Crippen molar-refractivity contribution >= 4 is 72.4 Å². The lowest BCUT2D eigenvalue weighted by atomic mass is 10.2. The molecular formula is C20H15Br2FN2O4S. The number of ether oxygens (including phenoxy) is 1. The highest BCUT2D eigenvalue weighted by molar-refractivity contribution is 9.11. The largest absolute Gasteiger partial charge is 0.492 e. The number of anilines is 1. The maximum Gasteiger partial charge on any atom is 0.294 e. The quantitative estimate of drug-likeness (QED) is 0.480. The van der Waals surface area contributed by atoms with Crippen molar-refractivity contribution in [1.82, 2.24) is 4.90 Å². The highest BCUT2D eigenvalue weighted by Gasteiger charge is 2.36. The number of imide groups is 1. The van der Waals surface area contributed by atoms with E-state index in [0.717, 1.165) is 16.7 Å². The molecule has 0 radical (unpaired) electrons.